The molecule has 0 spiro atoms. The Morgan fingerprint density at radius 2 is 1.68 bits per heavy atom. The number of hydrogen-bond acceptors (Lipinski definition) is 6. The summed E-state index contributed by atoms with van der Waals surface area (Å²) in [5, 5.41) is 8.94. The van der Waals surface area contributed by atoms with Gasteiger partial charge in [0.1, 0.15) is 11.1 Å². The molecule has 0 saturated carbocycles. The second kappa shape index (κ2) is 6.01. The van der Waals surface area contributed by atoms with Crippen LogP contribution in [0.2, 0.25) is 0 Å². The first kappa shape index (κ1) is 17.4. The van der Waals surface area contributed by atoms with Crippen molar-refractivity contribution in [3.8, 4) is 0 Å². The van der Waals surface area contributed by atoms with Gasteiger partial charge in [0.2, 0.25) is 0 Å². The molecule has 0 aromatic heterocycles. The first-order chi connectivity index (χ1) is 8.40. The standard InChI is InChI=1S/C12H21NO6/c1-11(2,3)19-10(17)12(4,13)6-7(8(14)15)9(16)18-5/h7H,6,13H2,1-5H3,(H,14,15). The lowest BCUT2D eigenvalue weighted by Crippen LogP contribution is -2.51. The fourth-order valence-electron chi connectivity index (χ4n) is 1.32. The minimum Gasteiger partial charge on any atom is -0.481 e. The Balaban J connectivity index is 4.95. The number of aliphatic carboxylic acids is 1. The summed E-state index contributed by atoms with van der Waals surface area (Å²) in [6.07, 6.45) is -0.399. The highest BCUT2D eigenvalue weighted by atomic mass is 16.6. The number of rotatable bonds is 5. The molecule has 0 amide bonds. The van der Waals surface area contributed by atoms with E-state index in [1.165, 1.54) is 6.92 Å². The number of ether oxygens (including phenoxy) is 2. The molecule has 0 rings (SSSR count). The topological polar surface area (TPSA) is 116 Å². The van der Waals surface area contributed by atoms with Crippen LogP contribution in [0.1, 0.15) is 34.1 Å². The van der Waals surface area contributed by atoms with Crippen molar-refractivity contribution in [3.05, 3.63) is 0 Å². The molecular weight excluding hydrogens is 254 g/mol. The highest BCUT2D eigenvalue weighted by molar-refractivity contribution is 5.95. The summed E-state index contributed by atoms with van der Waals surface area (Å²) < 4.78 is 9.46. The number of carbonyl (C=O) groups is 3. The third-order valence-corrected chi connectivity index (χ3v) is 2.28. The highest BCUT2D eigenvalue weighted by Gasteiger charge is 2.41. The maximum absolute atomic E-state index is 11.9. The van der Waals surface area contributed by atoms with Crippen LogP contribution >= 0.6 is 0 Å². The number of hydrogen-bond donors (Lipinski definition) is 2. The summed E-state index contributed by atoms with van der Waals surface area (Å²) in [5.41, 5.74) is 3.41. The van der Waals surface area contributed by atoms with Crippen molar-refractivity contribution >= 4 is 17.9 Å². The number of esters is 2. The molecule has 7 heteroatoms. The number of carbonyl (C=O) groups excluding carboxylic acids is 2. The summed E-state index contributed by atoms with van der Waals surface area (Å²) in [6.45, 7) is 6.31. The van der Waals surface area contributed by atoms with E-state index in [4.69, 9.17) is 15.6 Å². The van der Waals surface area contributed by atoms with Gasteiger partial charge in [-0.15, -0.1) is 0 Å². The Hall–Kier alpha value is -1.63. The largest absolute Gasteiger partial charge is 0.481 e. The van der Waals surface area contributed by atoms with E-state index in [0.29, 0.717) is 0 Å². The van der Waals surface area contributed by atoms with E-state index >= 15 is 0 Å². The lowest BCUT2D eigenvalue weighted by Gasteiger charge is -2.29. The quantitative estimate of drug-likeness (QED) is 0.547. The van der Waals surface area contributed by atoms with Gasteiger partial charge >= 0.3 is 17.9 Å². The first-order valence-corrected chi connectivity index (χ1v) is 5.73. The van der Waals surface area contributed by atoms with Crippen molar-refractivity contribution in [2.75, 3.05) is 7.11 Å². The summed E-state index contributed by atoms with van der Waals surface area (Å²) in [7, 11) is 1.07. The average molecular weight is 275 g/mol. The molecule has 0 aromatic carbocycles. The molecule has 0 aliphatic carbocycles. The molecule has 2 unspecified atom stereocenters. The molecule has 0 radical (unpaired) electrons. The number of methoxy groups -OCH3 is 1. The van der Waals surface area contributed by atoms with Gasteiger partial charge in [-0.05, 0) is 34.1 Å². The van der Waals surface area contributed by atoms with Crippen LogP contribution in [0.5, 0.6) is 0 Å². The molecular formula is C12H21NO6. The second-order valence-electron chi connectivity index (χ2n) is 5.54. The zero-order valence-electron chi connectivity index (χ0n) is 11.9. The molecule has 0 saturated heterocycles. The maximum atomic E-state index is 11.9. The van der Waals surface area contributed by atoms with Crippen molar-refractivity contribution in [2.24, 2.45) is 11.7 Å². The van der Waals surface area contributed by atoms with Crippen molar-refractivity contribution in [1.82, 2.24) is 0 Å². The monoisotopic (exact) mass is 275 g/mol. The van der Waals surface area contributed by atoms with Crippen LogP contribution in [-0.4, -0.2) is 41.3 Å². The van der Waals surface area contributed by atoms with E-state index in [9.17, 15) is 14.4 Å². The third-order valence-electron chi connectivity index (χ3n) is 2.28. The molecule has 0 heterocycles. The lowest BCUT2D eigenvalue weighted by molar-refractivity contribution is -0.164. The smallest absolute Gasteiger partial charge is 0.326 e. The second-order valence-corrected chi connectivity index (χ2v) is 5.54. The molecule has 3 N–H and O–H groups in total. The lowest BCUT2D eigenvalue weighted by atomic mass is 9.89. The SMILES string of the molecule is COC(=O)C(CC(C)(N)C(=O)OC(C)(C)C)C(=O)O. The predicted molar refractivity (Wildman–Crippen MR) is 66.2 cm³/mol. The molecule has 19 heavy (non-hydrogen) atoms. The van der Waals surface area contributed by atoms with Crippen molar-refractivity contribution in [1.29, 1.82) is 0 Å². The summed E-state index contributed by atoms with van der Waals surface area (Å²) >= 11 is 0. The van der Waals surface area contributed by atoms with Gasteiger partial charge in [0.15, 0.2) is 5.92 Å². The van der Waals surface area contributed by atoms with Gasteiger partial charge < -0.3 is 20.3 Å². The minimum atomic E-state index is -1.59. The van der Waals surface area contributed by atoms with E-state index < -0.39 is 41.4 Å². The van der Waals surface area contributed by atoms with Crippen LogP contribution in [0, 0.1) is 5.92 Å². The Morgan fingerprint density at radius 1 is 1.21 bits per heavy atom. The Labute approximate surface area is 112 Å². The van der Waals surface area contributed by atoms with Crippen molar-refractivity contribution in [3.63, 3.8) is 0 Å². The van der Waals surface area contributed by atoms with Crippen molar-refractivity contribution < 1.29 is 29.0 Å². The van der Waals surface area contributed by atoms with E-state index in [-0.39, 0.29) is 0 Å². The zero-order chi connectivity index (χ0) is 15.4. The number of carboxylic acids is 1. The molecule has 110 valence electrons. The van der Waals surface area contributed by atoms with Gasteiger partial charge in [0, 0.05) is 0 Å². The van der Waals surface area contributed by atoms with Crippen LogP contribution in [0.15, 0.2) is 0 Å². The molecule has 7 nitrogen and oxygen atoms in total. The fraction of sp³-hybridized carbons (Fsp3) is 0.750. The molecule has 0 fully saturated rings. The molecule has 0 aliphatic heterocycles. The molecule has 0 aromatic rings. The summed E-state index contributed by atoms with van der Waals surface area (Å²) in [6, 6.07) is 0. The molecule has 2 atom stereocenters. The van der Waals surface area contributed by atoms with Gasteiger partial charge in [0.05, 0.1) is 7.11 Å². The number of carboxylic acid groups (broad SMARTS) is 1. The van der Waals surface area contributed by atoms with Crippen molar-refractivity contribution in [2.45, 2.75) is 45.3 Å². The van der Waals surface area contributed by atoms with Crippen LogP contribution in [0.4, 0.5) is 0 Å². The van der Waals surface area contributed by atoms with Gasteiger partial charge in [-0.3, -0.25) is 14.4 Å². The van der Waals surface area contributed by atoms with E-state index in [1.807, 2.05) is 0 Å². The number of nitrogens with two attached hydrogens (primary N) is 1. The van der Waals surface area contributed by atoms with Gasteiger partial charge in [-0.2, -0.15) is 0 Å². The Morgan fingerprint density at radius 3 is 2.00 bits per heavy atom. The highest BCUT2D eigenvalue weighted by Crippen LogP contribution is 2.20. The van der Waals surface area contributed by atoms with E-state index in [0.717, 1.165) is 7.11 Å². The van der Waals surface area contributed by atoms with Crippen LogP contribution in [0.3, 0.4) is 0 Å². The van der Waals surface area contributed by atoms with Gasteiger partial charge in [-0.1, -0.05) is 0 Å². The zero-order valence-corrected chi connectivity index (χ0v) is 11.9. The van der Waals surface area contributed by atoms with Crippen LogP contribution < -0.4 is 5.73 Å². The Bertz CT molecular complexity index is 369. The Kier molecular flexibility index (Phi) is 5.49. The van der Waals surface area contributed by atoms with Crippen LogP contribution in [0.25, 0.3) is 0 Å². The molecule has 0 aliphatic rings. The predicted octanol–water partition coefficient (Wildman–Crippen LogP) is 0.309. The third kappa shape index (κ3) is 5.69. The minimum absolute atomic E-state index is 0.399. The van der Waals surface area contributed by atoms with Gasteiger partial charge in [0.25, 0.3) is 0 Å². The average Bonchev–Trinajstić information content (AvgIpc) is 2.22. The maximum Gasteiger partial charge on any atom is 0.326 e. The van der Waals surface area contributed by atoms with E-state index in [1.54, 1.807) is 20.8 Å². The molecule has 0 bridgehead atoms. The van der Waals surface area contributed by atoms with Gasteiger partial charge in [-0.25, -0.2) is 0 Å². The summed E-state index contributed by atoms with van der Waals surface area (Å²) in [4.78, 5) is 34.2. The summed E-state index contributed by atoms with van der Waals surface area (Å²) in [5.74, 6) is -4.62. The fourth-order valence-corrected chi connectivity index (χ4v) is 1.32. The first-order valence-electron chi connectivity index (χ1n) is 5.73. The van der Waals surface area contributed by atoms with Crippen LogP contribution in [-0.2, 0) is 23.9 Å². The van der Waals surface area contributed by atoms with E-state index in [2.05, 4.69) is 4.74 Å². The normalized spacial score (nSPS) is 16.1.